The van der Waals surface area contributed by atoms with Crippen molar-refractivity contribution in [2.45, 2.75) is 24.8 Å². The van der Waals surface area contributed by atoms with Gasteiger partial charge in [0.25, 0.3) is 0 Å². The highest BCUT2D eigenvalue weighted by Crippen LogP contribution is 2.49. The van der Waals surface area contributed by atoms with Gasteiger partial charge in [0, 0.05) is 28.9 Å². The largest absolute Gasteiger partial charge is 0.760 e. The first kappa shape index (κ1) is 14.0. The summed E-state index contributed by atoms with van der Waals surface area (Å²) in [7, 11) is 0. The third-order valence-electron chi connectivity index (χ3n) is 3.25. The number of amides is 1. The number of hydrogen-bond acceptors (Lipinski definition) is 3. The molecule has 0 heterocycles. The Hall–Kier alpha value is -1.38. The van der Waals surface area contributed by atoms with Gasteiger partial charge in [-0.25, -0.2) is 13.5 Å². The van der Waals surface area contributed by atoms with E-state index < -0.39 is 34.2 Å². The number of hydrogen-bond donors (Lipinski definition) is 2. The molecule has 1 unspecified atom stereocenters. The minimum absolute atomic E-state index is 0.0653. The van der Waals surface area contributed by atoms with Crippen LogP contribution in [-0.2, 0) is 28.0 Å². The molecule has 1 aromatic carbocycles. The smallest absolute Gasteiger partial charge is 0.228 e. The summed E-state index contributed by atoms with van der Waals surface area (Å²) in [5.74, 6) is -2.22. The molecule has 1 saturated carbocycles. The number of carbonyl (C=O) groups is 1. The van der Waals surface area contributed by atoms with Crippen LogP contribution < -0.4 is 10.5 Å². The van der Waals surface area contributed by atoms with Crippen LogP contribution in [0.25, 0.3) is 0 Å². The molecule has 104 valence electrons. The van der Waals surface area contributed by atoms with Crippen molar-refractivity contribution < 1.29 is 22.3 Å². The molecule has 8 heteroatoms. The average molecular weight is 289 g/mol. The number of benzene rings is 1. The molecule has 5 nitrogen and oxygen atoms in total. The molecule has 0 bridgehead atoms. The maximum absolute atomic E-state index is 13.9. The minimum Gasteiger partial charge on any atom is -0.760 e. The van der Waals surface area contributed by atoms with E-state index in [1.165, 1.54) is 0 Å². The quantitative estimate of drug-likeness (QED) is 0.766. The SMILES string of the molecule is NC(=O)C1(c2cc(F)c(CNS(=O)[O-])cc2F)CC1. The number of halogens is 2. The van der Waals surface area contributed by atoms with Crippen molar-refractivity contribution in [3.63, 3.8) is 0 Å². The Balaban J connectivity index is 2.32. The van der Waals surface area contributed by atoms with E-state index in [-0.39, 0.29) is 17.7 Å². The van der Waals surface area contributed by atoms with Crippen molar-refractivity contribution in [3.8, 4) is 0 Å². The lowest BCUT2D eigenvalue weighted by molar-refractivity contribution is -0.120. The summed E-state index contributed by atoms with van der Waals surface area (Å²) in [5, 5.41) is 0. The fourth-order valence-electron chi connectivity index (χ4n) is 2.00. The van der Waals surface area contributed by atoms with Gasteiger partial charge in [0.1, 0.15) is 11.6 Å². The number of nitrogens with one attached hydrogen (secondary N) is 1. The number of primary amides is 1. The zero-order valence-electron chi connectivity index (χ0n) is 9.74. The summed E-state index contributed by atoms with van der Waals surface area (Å²) in [6.07, 6.45) is 0.779. The zero-order valence-corrected chi connectivity index (χ0v) is 10.6. The highest BCUT2D eigenvalue weighted by atomic mass is 32.2. The van der Waals surface area contributed by atoms with E-state index in [2.05, 4.69) is 0 Å². The van der Waals surface area contributed by atoms with Gasteiger partial charge in [-0.1, -0.05) is 0 Å². The lowest BCUT2D eigenvalue weighted by atomic mass is 9.93. The molecule has 1 aliphatic rings. The molecule has 3 N–H and O–H groups in total. The van der Waals surface area contributed by atoms with Crippen LogP contribution in [0.15, 0.2) is 12.1 Å². The lowest BCUT2D eigenvalue weighted by Crippen LogP contribution is -2.29. The molecule has 0 spiro atoms. The summed E-state index contributed by atoms with van der Waals surface area (Å²) in [5.41, 5.74) is 3.89. The van der Waals surface area contributed by atoms with Crippen molar-refractivity contribution in [1.29, 1.82) is 0 Å². The van der Waals surface area contributed by atoms with E-state index in [0.717, 1.165) is 12.1 Å². The Kier molecular flexibility index (Phi) is 3.66. The van der Waals surface area contributed by atoms with Crippen molar-refractivity contribution in [1.82, 2.24) is 4.72 Å². The van der Waals surface area contributed by atoms with Gasteiger partial charge in [0.05, 0.1) is 5.41 Å². The van der Waals surface area contributed by atoms with Gasteiger partial charge in [-0.2, -0.15) is 0 Å². The summed E-state index contributed by atoms with van der Waals surface area (Å²) in [6, 6.07) is 1.80. The molecule has 1 fully saturated rings. The van der Waals surface area contributed by atoms with Crippen LogP contribution in [0, 0.1) is 11.6 Å². The van der Waals surface area contributed by atoms with E-state index in [4.69, 9.17) is 5.73 Å². The Bertz CT molecular complexity index is 561. The topological polar surface area (TPSA) is 95.2 Å². The van der Waals surface area contributed by atoms with Crippen molar-refractivity contribution in [2.24, 2.45) is 5.73 Å². The first-order valence-electron chi connectivity index (χ1n) is 5.48. The van der Waals surface area contributed by atoms with Gasteiger partial charge in [-0.3, -0.25) is 9.00 Å². The van der Waals surface area contributed by atoms with Gasteiger partial charge >= 0.3 is 0 Å². The standard InChI is InChI=1S/C11H12F2N2O3S/c12-8-4-7(11(1-2-11)10(14)16)9(13)3-6(8)5-15-19(17)18/h3-4,15H,1-2,5H2,(H2,14,16)(H,17,18)/p-1. The van der Waals surface area contributed by atoms with Crippen LogP contribution in [0.2, 0.25) is 0 Å². The molecule has 0 aliphatic heterocycles. The number of nitrogens with two attached hydrogens (primary N) is 1. The zero-order chi connectivity index (χ0) is 14.2. The van der Waals surface area contributed by atoms with Crippen molar-refractivity contribution in [2.75, 3.05) is 0 Å². The third kappa shape index (κ3) is 2.65. The van der Waals surface area contributed by atoms with Gasteiger partial charge in [0.2, 0.25) is 5.91 Å². The summed E-state index contributed by atoms with van der Waals surface area (Å²) < 4.78 is 50.2. The Labute approximate surface area is 110 Å². The van der Waals surface area contributed by atoms with Crippen molar-refractivity contribution >= 4 is 17.2 Å². The Morgan fingerprint density at radius 1 is 1.42 bits per heavy atom. The number of rotatable bonds is 5. The predicted octanol–water partition coefficient (Wildman–Crippen LogP) is 0.365. The first-order valence-corrected chi connectivity index (χ1v) is 6.55. The van der Waals surface area contributed by atoms with Crippen LogP contribution in [0.3, 0.4) is 0 Å². The normalized spacial score (nSPS) is 18.1. The van der Waals surface area contributed by atoms with E-state index >= 15 is 0 Å². The second kappa shape index (κ2) is 4.95. The highest BCUT2D eigenvalue weighted by Gasteiger charge is 2.51. The molecule has 0 saturated heterocycles. The Morgan fingerprint density at radius 3 is 2.53 bits per heavy atom. The molecular weight excluding hydrogens is 278 g/mol. The first-order chi connectivity index (χ1) is 8.86. The van der Waals surface area contributed by atoms with Gasteiger partial charge in [-0.05, 0) is 25.0 Å². The second-order valence-electron chi connectivity index (χ2n) is 4.43. The second-order valence-corrected chi connectivity index (χ2v) is 5.18. The molecule has 19 heavy (non-hydrogen) atoms. The Morgan fingerprint density at radius 2 is 2.05 bits per heavy atom. The van der Waals surface area contributed by atoms with Crippen molar-refractivity contribution in [3.05, 3.63) is 34.9 Å². The average Bonchev–Trinajstić information content (AvgIpc) is 3.10. The summed E-state index contributed by atoms with van der Waals surface area (Å²) >= 11 is -2.56. The van der Waals surface area contributed by atoms with Gasteiger partial charge < -0.3 is 10.3 Å². The molecule has 1 amide bonds. The summed E-state index contributed by atoms with van der Waals surface area (Å²) in [4.78, 5) is 11.3. The maximum Gasteiger partial charge on any atom is 0.228 e. The molecule has 1 aliphatic carbocycles. The van der Waals surface area contributed by atoms with E-state index in [1.54, 1.807) is 0 Å². The molecule has 0 radical (unpaired) electrons. The molecule has 2 rings (SSSR count). The van der Waals surface area contributed by atoms with Gasteiger partial charge in [-0.15, -0.1) is 0 Å². The predicted molar refractivity (Wildman–Crippen MR) is 62.2 cm³/mol. The monoisotopic (exact) mass is 289 g/mol. The highest BCUT2D eigenvalue weighted by molar-refractivity contribution is 7.77. The van der Waals surface area contributed by atoms with Crippen LogP contribution in [0.5, 0.6) is 0 Å². The van der Waals surface area contributed by atoms with Crippen LogP contribution >= 0.6 is 0 Å². The molecular formula is C11H11F2N2O3S-. The van der Waals surface area contributed by atoms with Gasteiger partial charge in [0.15, 0.2) is 0 Å². The fraction of sp³-hybridized carbons (Fsp3) is 0.364. The van der Waals surface area contributed by atoms with Crippen LogP contribution in [0.1, 0.15) is 24.0 Å². The molecule has 1 aromatic rings. The molecule has 0 aromatic heterocycles. The minimum atomic E-state index is -2.56. The van der Waals surface area contributed by atoms with E-state index in [9.17, 15) is 22.3 Å². The molecule has 1 atom stereocenters. The van der Waals surface area contributed by atoms with E-state index in [0.29, 0.717) is 12.8 Å². The van der Waals surface area contributed by atoms with Crippen LogP contribution in [-0.4, -0.2) is 14.7 Å². The van der Waals surface area contributed by atoms with Crippen LogP contribution in [0.4, 0.5) is 8.78 Å². The third-order valence-corrected chi connectivity index (χ3v) is 3.63. The maximum atomic E-state index is 13.9. The number of carbonyl (C=O) groups excluding carboxylic acids is 1. The summed E-state index contributed by atoms with van der Waals surface area (Å²) in [6.45, 7) is -0.358. The lowest BCUT2D eigenvalue weighted by Gasteiger charge is -2.15. The fourth-order valence-corrected chi connectivity index (χ4v) is 2.27. The van der Waals surface area contributed by atoms with E-state index in [1.807, 2.05) is 4.72 Å².